The number of aromatic nitrogens is 1. The third kappa shape index (κ3) is 1.45. The first kappa shape index (κ1) is 10.4. The predicted octanol–water partition coefficient (Wildman–Crippen LogP) is 3.70. The molecule has 4 rings (SSSR count). The van der Waals surface area contributed by atoms with Crippen molar-refractivity contribution in [3.63, 3.8) is 0 Å². The molecule has 1 aromatic carbocycles. The highest BCUT2D eigenvalue weighted by Gasteiger charge is 2.29. The third-order valence-corrected chi connectivity index (χ3v) is 4.41. The minimum Gasteiger partial charge on any atom is -0.358 e. The molecule has 18 heavy (non-hydrogen) atoms. The van der Waals surface area contributed by atoms with Crippen molar-refractivity contribution in [2.45, 2.75) is 32.1 Å². The fraction of sp³-hybridized carbons (Fsp3) is 0.438. The lowest BCUT2D eigenvalue weighted by molar-refractivity contribution is 0.543. The van der Waals surface area contributed by atoms with Crippen molar-refractivity contribution >= 4 is 16.6 Å². The van der Waals surface area contributed by atoms with E-state index in [-0.39, 0.29) is 0 Å². The maximum atomic E-state index is 4.91. The van der Waals surface area contributed by atoms with Crippen LogP contribution < -0.4 is 0 Å². The molecule has 0 fully saturated rings. The molecule has 0 saturated carbocycles. The van der Waals surface area contributed by atoms with Gasteiger partial charge in [-0.25, -0.2) is 0 Å². The van der Waals surface area contributed by atoms with Crippen molar-refractivity contribution in [3.05, 3.63) is 35.5 Å². The van der Waals surface area contributed by atoms with Crippen molar-refractivity contribution < 1.29 is 0 Å². The zero-order chi connectivity index (χ0) is 11.9. The van der Waals surface area contributed by atoms with Gasteiger partial charge in [0, 0.05) is 40.3 Å². The number of aliphatic imine (C=N–C) groups is 1. The molecule has 2 aromatic rings. The van der Waals surface area contributed by atoms with E-state index in [4.69, 9.17) is 4.99 Å². The summed E-state index contributed by atoms with van der Waals surface area (Å²) in [6, 6.07) is 8.66. The fourth-order valence-electron chi connectivity index (χ4n) is 3.53. The molecule has 0 amide bonds. The van der Waals surface area contributed by atoms with E-state index in [2.05, 4.69) is 29.2 Å². The topological polar surface area (TPSA) is 28.1 Å². The summed E-state index contributed by atoms with van der Waals surface area (Å²) in [5.74, 6) is 0.708. The molecule has 0 saturated heterocycles. The Labute approximate surface area is 107 Å². The van der Waals surface area contributed by atoms with Gasteiger partial charge in [0.15, 0.2) is 0 Å². The Hall–Kier alpha value is -1.57. The second-order valence-electron chi connectivity index (χ2n) is 5.52. The number of rotatable bonds is 0. The number of benzene rings is 1. The Kier molecular flexibility index (Phi) is 2.29. The van der Waals surface area contributed by atoms with Crippen LogP contribution in [0.2, 0.25) is 0 Å². The molecule has 2 heterocycles. The molecule has 1 N–H and O–H groups in total. The molecule has 92 valence electrons. The summed E-state index contributed by atoms with van der Waals surface area (Å²) in [6.07, 6.45) is 6.40. The van der Waals surface area contributed by atoms with Gasteiger partial charge in [0.1, 0.15) is 0 Å². The Bertz CT molecular complexity index is 621. The second-order valence-corrected chi connectivity index (χ2v) is 5.52. The van der Waals surface area contributed by atoms with E-state index in [0.29, 0.717) is 5.92 Å². The lowest BCUT2D eigenvalue weighted by Gasteiger charge is -2.23. The van der Waals surface area contributed by atoms with E-state index in [0.717, 1.165) is 6.54 Å². The Balaban J connectivity index is 1.96. The quantitative estimate of drug-likeness (QED) is 0.725. The number of fused-ring (bicyclic) bond motifs is 5. The van der Waals surface area contributed by atoms with E-state index in [1.54, 1.807) is 0 Å². The normalized spacial score (nSPS) is 23.1. The van der Waals surface area contributed by atoms with Crippen molar-refractivity contribution in [3.8, 4) is 0 Å². The SMILES string of the molecule is c1ccc2c3c([nH]c2c1)CCC1CCCCN=C31. The molecule has 2 nitrogen and oxygen atoms in total. The van der Waals surface area contributed by atoms with Gasteiger partial charge in [-0.05, 0) is 31.7 Å². The molecule has 1 aliphatic carbocycles. The standard InChI is InChI=1S/C16H18N2/c1-2-7-13-12(6-1)15-14(18-13)9-8-11-5-3-4-10-17-16(11)15/h1-2,6-7,11,18H,3-5,8-10H2. The van der Waals surface area contributed by atoms with Crippen LogP contribution in [0.1, 0.15) is 36.9 Å². The van der Waals surface area contributed by atoms with Gasteiger partial charge >= 0.3 is 0 Å². The first-order chi connectivity index (χ1) is 8.93. The zero-order valence-electron chi connectivity index (χ0n) is 10.6. The van der Waals surface area contributed by atoms with Crippen LogP contribution >= 0.6 is 0 Å². The van der Waals surface area contributed by atoms with E-state index in [1.165, 1.54) is 60.0 Å². The third-order valence-electron chi connectivity index (χ3n) is 4.41. The average molecular weight is 238 g/mol. The van der Waals surface area contributed by atoms with Crippen LogP contribution in [-0.2, 0) is 6.42 Å². The molecule has 1 aromatic heterocycles. The average Bonchev–Trinajstić information content (AvgIpc) is 2.61. The van der Waals surface area contributed by atoms with Gasteiger partial charge in [-0.3, -0.25) is 4.99 Å². The van der Waals surface area contributed by atoms with Crippen LogP contribution in [0, 0.1) is 5.92 Å². The van der Waals surface area contributed by atoms with Crippen molar-refractivity contribution in [1.82, 2.24) is 4.98 Å². The minimum atomic E-state index is 0.708. The number of hydrogen-bond donors (Lipinski definition) is 1. The van der Waals surface area contributed by atoms with Crippen molar-refractivity contribution in [1.29, 1.82) is 0 Å². The van der Waals surface area contributed by atoms with Gasteiger partial charge in [0.2, 0.25) is 0 Å². The Morgan fingerprint density at radius 1 is 1.11 bits per heavy atom. The highest BCUT2D eigenvalue weighted by molar-refractivity contribution is 6.13. The van der Waals surface area contributed by atoms with E-state index >= 15 is 0 Å². The molecule has 0 spiro atoms. The maximum absolute atomic E-state index is 4.91. The van der Waals surface area contributed by atoms with Crippen molar-refractivity contribution in [2.24, 2.45) is 10.9 Å². The smallest absolute Gasteiger partial charge is 0.0475 e. The number of H-pyrrole nitrogens is 1. The van der Waals surface area contributed by atoms with Gasteiger partial charge in [0.25, 0.3) is 0 Å². The summed E-state index contributed by atoms with van der Waals surface area (Å²) in [6.45, 7) is 1.02. The molecule has 1 unspecified atom stereocenters. The van der Waals surface area contributed by atoms with Gasteiger partial charge in [-0.2, -0.15) is 0 Å². The maximum Gasteiger partial charge on any atom is 0.0475 e. The number of hydrogen-bond acceptors (Lipinski definition) is 1. The summed E-state index contributed by atoms with van der Waals surface area (Å²) in [5, 5.41) is 1.37. The lowest BCUT2D eigenvalue weighted by Crippen LogP contribution is -2.22. The molecule has 0 bridgehead atoms. The Morgan fingerprint density at radius 3 is 3.06 bits per heavy atom. The predicted molar refractivity (Wildman–Crippen MR) is 75.4 cm³/mol. The molecule has 1 atom stereocenters. The molecule has 1 aliphatic heterocycles. The number of nitrogens with one attached hydrogen (secondary N) is 1. The van der Waals surface area contributed by atoms with Gasteiger partial charge < -0.3 is 4.98 Å². The van der Waals surface area contributed by atoms with E-state index in [1.807, 2.05) is 0 Å². The van der Waals surface area contributed by atoms with Gasteiger partial charge in [-0.1, -0.05) is 24.6 Å². The lowest BCUT2D eigenvalue weighted by atomic mass is 9.82. The number of aryl methyl sites for hydroxylation is 1. The zero-order valence-corrected chi connectivity index (χ0v) is 10.6. The van der Waals surface area contributed by atoms with Gasteiger partial charge in [0.05, 0.1) is 0 Å². The minimum absolute atomic E-state index is 0.708. The highest BCUT2D eigenvalue weighted by atomic mass is 14.8. The first-order valence-electron chi connectivity index (χ1n) is 7.08. The Morgan fingerprint density at radius 2 is 2.06 bits per heavy atom. The molecular weight excluding hydrogens is 220 g/mol. The number of nitrogens with zero attached hydrogens (tertiary/aromatic N) is 1. The summed E-state index contributed by atoms with van der Waals surface area (Å²) < 4.78 is 0. The summed E-state index contributed by atoms with van der Waals surface area (Å²) >= 11 is 0. The van der Waals surface area contributed by atoms with Crippen LogP contribution in [0.3, 0.4) is 0 Å². The molecule has 2 aliphatic rings. The van der Waals surface area contributed by atoms with Crippen LogP contribution in [0.15, 0.2) is 29.3 Å². The largest absolute Gasteiger partial charge is 0.358 e. The molecule has 2 heteroatoms. The molecular formula is C16H18N2. The van der Waals surface area contributed by atoms with Crippen LogP contribution in [-0.4, -0.2) is 17.2 Å². The summed E-state index contributed by atoms with van der Waals surface area (Å²) in [7, 11) is 0. The van der Waals surface area contributed by atoms with Crippen LogP contribution in [0.4, 0.5) is 0 Å². The highest BCUT2D eigenvalue weighted by Crippen LogP contribution is 2.35. The van der Waals surface area contributed by atoms with Crippen LogP contribution in [0.5, 0.6) is 0 Å². The monoisotopic (exact) mass is 238 g/mol. The molecule has 0 radical (unpaired) electrons. The summed E-state index contributed by atoms with van der Waals surface area (Å²) in [4.78, 5) is 8.49. The number of aromatic amines is 1. The van der Waals surface area contributed by atoms with Gasteiger partial charge in [-0.15, -0.1) is 0 Å². The number of para-hydroxylation sites is 1. The van der Waals surface area contributed by atoms with Crippen LogP contribution in [0.25, 0.3) is 10.9 Å². The first-order valence-corrected chi connectivity index (χ1v) is 7.08. The summed E-state index contributed by atoms with van der Waals surface area (Å²) in [5.41, 5.74) is 5.51. The van der Waals surface area contributed by atoms with E-state index in [9.17, 15) is 0 Å². The fourth-order valence-corrected chi connectivity index (χ4v) is 3.53. The second kappa shape index (κ2) is 3.98. The van der Waals surface area contributed by atoms with E-state index < -0.39 is 0 Å². The van der Waals surface area contributed by atoms with Crippen molar-refractivity contribution in [2.75, 3.05) is 6.54 Å².